The number of nitriles is 1. The molecule has 0 aliphatic rings. The molecule has 0 amide bonds. The fraction of sp³-hybridized carbons (Fsp3) is 0.286. The second-order valence-electron chi connectivity index (χ2n) is 4.22. The summed E-state index contributed by atoms with van der Waals surface area (Å²) < 4.78 is 6.77. The van der Waals surface area contributed by atoms with Crippen LogP contribution < -0.4 is 10.1 Å². The minimum atomic E-state index is 0.0606. The van der Waals surface area contributed by atoms with Gasteiger partial charge in [-0.2, -0.15) is 10.4 Å². The molecule has 0 saturated carbocycles. The van der Waals surface area contributed by atoms with E-state index in [-0.39, 0.29) is 6.61 Å². The fourth-order valence-corrected chi connectivity index (χ4v) is 1.84. The Morgan fingerprint density at radius 1 is 1.50 bits per heavy atom. The van der Waals surface area contributed by atoms with Crippen molar-refractivity contribution in [3.05, 3.63) is 41.7 Å². The van der Waals surface area contributed by atoms with E-state index in [9.17, 15) is 0 Å². The highest BCUT2D eigenvalue weighted by Crippen LogP contribution is 2.19. The van der Waals surface area contributed by atoms with E-state index in [1.54, 1.807) is 30.1 Å². The minimum absolute atomic E-state index is 0.0606. The Bertz CT molecular complexity index is 616. The first-order chi connectivity index (χ1) is 9.76. The summed E-state index contributed by atoms with van der Waals surface area (Å²) in [6, 6.07) is 7.59. The summed E-state index contributed by atoms with van der Waals surface area (Å²) in [5.74, 6) is 0.576. The number of rotatable bonds is 6. The Hall–Kier alpha value is -2.52. The number of hydrogen-bond donors (Lipinski definition) is 2. The summed E-state index contributed by atoms with van der Waals surface area (Å²) in [5, 5.41) is 25.2. The first kappa shape index (κ1) is 13.9. The lowest BCUT2D eigenvalue weighted by molar-refractivity contribution is 0.269. The first-order valence-electron chi connectivity index (χ1n) is 6.21. The number of aliphatic hydroxyl groups excluding tert-OH is 1. The number of nitrogens with one attached hydrogen (secondary N) is 1. The zero-order chi connectivity index (χ0) is 14.4. The number of hydrogen-bond acceptors (Lipinski definition) is 5. The van der Waals surface area contributed by atoms with Crippen LogP contribution >= 0.6 is 0 Å². The molecule has 0 atom stereocenters. The Kier molecular flexibility index (Phi) is 4.58. The fourth-order valence-electron chi connectivity index (χ4n) is 1.84. The number of anilines is 1. The van der Waals surface area contributed by atoms with Crippen LogP contribution in [0.3, 0.4) is 0 Å². The maximum atomic E-state index is 9.03. The molecule has 0 radical (unpaired) electrons. The molecule has 6 heteroatoms. The van der Waals surface area contributed by atoms with Gasteiger partial charge in [-0.25, -0.2) is 0 Å². The number of methoxy groups -OCH3 is 1. The maximum Gasteiger partial charge on any atom is 0.136 e. The van der Waals surface area contributed by atoms with Gasteiger partial charge in [0.2, 0.25) is 0 Å². The highest BCUT2D eigenvalue weighted by molar-refractivity contribution is 5.47. The van der Waals surface area contributed by atoms with E-state index < -0.39 is 0 Å². The van der Waals surface area contributed by atoms with Crippen molar-refractivity contribution in [2.75, 3.05) is 19.0 Å². The standard InChI is InChI=1S/C14H16N4O2/c1-20-14-3-2-11(6-12(14)7-15)8-16-13-9-17-18(10-13)4-5-19/h2-3,6,9-10,16,19H,4-5,8H2,1H3. The average Bonchev–Trinajstić information content (AvgIpc) is 2.93. The molecule has 1 aromatic carbocycles. The van der Waals surface area contributed by atoms with E-state index in [1.807, 2.05) is 12.3 Å². The van der Waals surface area contributed by atoms with E-state index in [0.717, 1.165) is 11.3 Å². The average molecular weight is 272 g/mol. The van der Waals surface area contributed by atoms with E-state index >= 15 is 0 Å². The van der Waals surface area contributed by atoms with Gasteiger partial charge in [-0.05, 0) is 17.7 Å². The molecule has 0 unspecified atom stereocenters. The van der Waals surface area contributed by atoms with Crippen molar-refractivity contribution in [2.24, 2.45) is 0 Å². The van der Waals surface area contributed by atoms with Crippen LogP contribution in [-0.2, 0) is 13.1 Å². The Labute approximate surface area is 117 Å². The second-order valence-corrected chi connectivity index (χ2v) is 4.22. The van der Waals surface area contributed by atoms with Gasteiger partial charge in [0.05, 0.1) is 37.7 Å². The lowest BCUT2D eigenvalue weighted by Crippen LogP contribution is -2.02. The van der Waals surface area contributed by atoms with Gasteiger partial charge >= 0.3 is 0 Å². The van der Waals surface area contributed by atoms with Gasteiger partial charge in [0.25, 0.3) is 0 Å². The van der Waals surface area contributed by atoms with Gasteiger partial charge in [-0.1, -0.05) is 6.07 Å². The van der Waals surface area contributed by atoms with Crippen LogP contribution in [0.25, 0.3) is 0 Å². The summed E-state index contributed by atoms with van der Waals surface area (Å²) in [6.07, 6.45) is 3.52. The van der Waals surface area contributed by atoms with Gasteiger partial charge in [0, 0.05) is 12.7 Å². The SMILES string of the molecule is COc1ccc(CNc2cnn(CCO)c2)cc1C#N. The lowest BCUT2D eigenvalue weighted by atomic mass is 10.1. The number of aliphatic hydroxyl groups is 1. The Morgan fingerprint density at radius 2 is 2.35 bits per heavy atom. The van der Waals surface area contributed by atoms with Gasteiger partial charge in [-0.15, -0.1) is 0 Å². The first-order valence-corrected chi connectivity index (χ1v) is 6.21. The minimum Gasteiger partial charge on any atom is -0.495 e. The smallest absolute Gasteiger partial charge is 0.136 e. The Morgan fingerprint density at radius 3 is 3.05 bits per heavy atom. The molecule has 20 heavy (non-hydrogen) atoms. The third kappa shape index (κ3) is 3.28. The molecular weight excluding hydrogens is 256 g/mol. The Balaban J connectivity index is 2.01. The van der Waals surface area contributed by atoms with Crippen LogP contribution in [0.5, 0.6) is 5.75 Å². The van der Waals surface area contributed by atoms with Gasteiger partial charge < -0.3 is 15.2 Å². The number of nitrogens with zero attached hydrogens (tertiary/aromatic N) is 3. The maximum absolute atomic E-state index is 9.03. The third-order valence-corrected chi connectivity index (χ3v) is 2.84. The van der Waals surface area contributed by atoms with Crippen LogP contribution in [0.4, 0.5) is 5.69 Å². The van der Waals surface area contributed by atoms with E-state index in [0.29, 0.717) is 24.4 Å². The summed E-state index contributed by atoms with van der Waals surface area (Å²) in [5.41, 5.74) is 2.37. The predicted octanol–water partition coefficient (Wildman–Crippen LogP) is 1.37. The van der Waals surface area contributed by atoms with Crippen molar-refractivity contribution in [3.8, 4) is 11.8 Å². The quantitative estimate of drug-likeness (QED) is 0.829. The van der Waals surface area contributed by atoms with Gasteiger partial charge in [0.15, 0.2) is 0 Å². The van der Waals surface area contributed by atoms with E-state index in [2.05, 4.69) is 16.5 Å². The van der Waals surface area contributed by atoms with Crippen LogP contribution in [0.15, 0.2) is 30.6 Å². The molecule has 6 nitrogen and oxygen atoms in total. The molecule has 0 spiro atoms. The molecule has 0 bridgehead atoms. The van der Waals surface area contributed by atoms with Crippen molar-refractivity contribution in [3.63, 3.8) is 0 Å². The van der Waals surface area contributed by atoms with Gasteiger partial charge in [-0.3, -0.25) is 4.68 Å². The van der Waals surface area contributed by atoms with Crippen molar-refractivity contribution < 1.29 is 9.84 Å². The number of benzene rings is 1. The summed E-state index contributed by atoms with van der Waals surface area (Å²) >= 11 is 0. The molecule has 2 rings (SSSR count). The molecule has 0 aliphatic heterocycles. The monoisotopic (exact) mass is 272 g/mol. The molecule has 1 aromatic heterocycles. The molecule has 2 aromatic rings. The normalized spacial score (nSPS) is 10.1. The van der Waals surface area contributed by atoms with Crippen LogP contribution in [-0.4, -0.2) is 28.6 Å². The van der Waals surface area contributed by atoms with Crippen LogP contribution in [0.1, 0.15) is 11.1 Å². The zero-order valence-electron chi connectivity index (χ0n) is 11.2. The third-order valence-electron chi connectivity index (χ3n) is 2.84. The van der Waals surface area contributed by atoms with Crippen LogP contribution in [0.2, 0.25) is 0 Å². The lowest BCUT2D eigenvalue weighted by Gasteiger charge is -2.07. The topological polar surface area (TPSA) is 83.1 Å². The predicted molar refractivity (Wildman–Crippen MR) is 74.3 cm³/mol. The van der Waals surface area contributed by atoms with Crippen molar-refractivity contribution in [1.82, 2.24) is 9.78 Å². The molecule has 104 valence electrons. The number of aromatic nitrogens is 2. The largest absolute Gasteiger partial charge is 0.495 e. The van der Waals surface area contributed by atoms with Crippen molar-refractivity contribution >= 4 is 5.69 Å². The molecule has 1 heterocycles. The highest BCUT2D eigenvalue weighted by Gasteiger charge is 2.04. The molecular formula is C14H16N4O2. The number of ether oxygens (including phenoxy) is 1. The highest BCUT2D eigenvalue weighted by atomic mass is 16.5. The zero-order valence-corrected chi connectivity index (χ0v) is 11.2. The molecule has 0 aliphatic carbocycles. The molecule has 2 N–H and O–H groups in total. The second kappa shape index (κ2) is 6.59. The summed E-state index contributed by atoms with van der Waals surface area (Å²) in [7, 11) is 1.55. The van der Waals surface area contributed by atoms with Crippen molar-refractivity contribution in [2.45, 2.75) is 13.1 Å². The van der Waals surface area contributed by atoms with E-state index in [1.165, 1.54) is 0 Å². The van der Waals surface area contributed by atoms with Gasteiger partial charge in [0.1, 0.15) is 11.8 Å². The summed E-state index contributed by atoms with van der Waals surface area (Å²) in [6.45, 7) is 1.12. The van der Waals surface area contributed by atoms with Crippen LogP contribution in [0, 0.1) is 11.3 Å². The summed E-state index contributed by atoms with van der Waals surface area (Å²) in [4.78, 5) is 0. The molecule has 0 saturated heterocycles. The van der Waals surface area contributed by atoms with E-state index in [4.69, 9.17) is 15.1 Å². The van der Waals surface area contributed by atoms with Crippen molar-refractivity contribution in [1.29, 1.82) is 5.26 Å². The molecule has 0 fully saturated rings.